The van der Waals surface area contributed by atoms with Gasteiger partial charge in [-0.1, -0.05) is 41.9 Å². The maximum atomic E-state index is 13.5. The van der Waals surface area contributed by atoms with Gasteiger partial charge in [-0.15, -0.1) is 0 Å². The maximum Gasteiger partial charge on any atom is 0.346 e. The minimum absolute atomic E-state index is 0.337. The Hall–Kier alpha value is -4.42. The van der Waals surface area contributed by atoms with Gasteiger partial charge in [0.2, 0.25) is 0 Å². The molecular weight excluding hydrogens is 465 g/mol. The van der Waals surface area contributed by atoms with Crippen molar-refractivity contribution in [3.63, 3.8) is 0 Å². The van der Waals surface area contributed by atoms with Gasteiger partial charge in [-0.2, -0.15) is 9.78 Å². The molecule has 5 aromatic rings. The van der Waals surface area contributed by atoms with Gasteiger partial charge in [-0.25, -0.2) is 9.18 Å². The molecule has 1 aromatic heterocycles. The average Bonchev–Trinajstić information content (AvgIpc) is 3.33. The lowest BCUT2D eigenvalue weighted by Crippen LogP contribution is -2.19. The van der Waals surface area contributed by atoms with Crippen molar-refractivity contribution >= 4 is 23.3 Å². The Morgan fingerprint density at radius 1 is 0.800 bits per heavy atom. The van der Waals surface area contributed by atoms with Crippen molar-refractivity contribution in [3.05, 3.63) is 120 Å². The number of hydrogen-bond acceptors (Lipinski definition) is 3. The van der Waals surface area contributed by atoms with Gasteiger partial charge in [0.05, 0.1) is 0 Å². The highest BCUT2D eigenvalue weighted by Gasteiger charge is 2.17. The zero-order valence-electron chi connectivity index (χ0n) is 18.4. The van der Waals surface area contributed by atoms with Crippen LogP contribution < -0.4 is 10.1 Å². The van der Waals surface area contributed by atoms with E-state index < -0.39 is 6.03 Å². The first-order chi connectivity index (χ1) is 17.0. The number of benzene rings is 4. The van der Waals surface area contributed by atoms with Crippen LogP contribution in [0.1, 0.15) is 0 Å². The summed E-state index contributed by atoms with van der Waals surface area (Å²) in [5.41, 5.74) is 3.53. The molecular formula is C28H19ClFN3O2. The first-order valence-corrected chi connectivity index (χ1v) is 11.2. The number of carbonyl (C=O) groups excluding carboxylic acids is 1. The normalized spacial score (nSPS) is 10.7. The molecule has 5 nitrogen and oxygen atoms in total. The summed E-state index contributed by atoms with van der Waals surface area (Å²) >= 11 is 5.90. The SMILES string of the molecule is O=C(Nc1ccc(Oc2ccc(Cl)cc2)cc1)n1cc(-c2ccccc2)c(-c2ccc(F)cc2)n1. The number of ether oxygens (including phenoxy) is 1. The summed E-state index contributed by atoms with van der Waals surface area (Å²) in [5, 5.41) is 7.98. The van der Waals surface area contributed by atoms with Crippen LogP contribution in [0.4, 0.5) is 14.9 Å². The van der Waals surface area contributed by atoms with E-state index in [2.05, 4.69) is 10.4 Å². The molecule has 1 amide bonds. The number of hydrogen-bond donors (Lipinski definition) is 1. The Morgan fingerprint density at radius 2 is 1.43 bits per heavy atom. The molecule has 1 heterocycles. The molecule has 0 spiro atoms. The van der Waals surface area contributed by atoms with Gasteiger partial charge in [-0.3, -0.25) is 0 Å². The topological polar surface area (TPSA) is 56.1 Å². The molecule has 0 aliphatic carbocycles. The second-order valence-electron chi connectivity index (χ2n) is 7.72. The summed E-state index contributed by atoms with van der Waals surface area (Å²) in [6, 6.07) is 29.3. The summed E-state index contributed by atoms with van der Waals surface area (Å²) in [6.45, 7) is 0. The Morgan fingerprint density at radius 3 is 2.09 bits per heavy atom. The van der Waals surface area contributed by atoms with E-state index in [4.69, 9.17) is 16.3 Å². The molecule has 0 aliphatic rings. The average molecular weight is 484 g/mol. The third kappa shape index (κ3) is 5.23. The van der Waals surface area contributed by atoms with Crippen LogP contribution in [-0.2, 0) is 0 Å². The van der Waals surface area contributed by atoms with Crippen LogP contribution in [0.2, 0.25) is 5.02 Å². The van der Waals surface area contributed by atoms with Gasteiger partial charge >= 0.3 is 6.03 Å². The number of rotatable bonds is 5. The quantitative estimate of drug-likeness (QED) is 0.276. The first-order valence-electron chi connectivity index (χ1n) is 10.8. The lowest BCUT2D eigenvalue weighted by atomic mass is 10.0. The highest BCUT2D eigenvalue weighted by molar-refractivity contribution is 6.30. The van der Waals surface area contributed by atoms with Crippen LogP contribution >= 0.6 is 11.6 Å². The van der Waals surface area contributed by atoms with E-state index >= 15 is 0 Å². The van der Waals surface area contributed by atoms with Crippen LogP contribution in [0.25, 0.3) is 22.4 Å². The molecule has 7 heteroatoms. The van der Waals surface area contributed by atoms with Crippen LogP contribution in [0.5, 0.6) is 11.5 Å². The van der Waals surface area contributed by atoms with Gasteiger partial charge in [-0.05, 0) is 78.4 Å². The number of aromatic nitrogens is 2. The van der Waals surface area contributed by atoms with E-state index in [1.807, 2.05) is 30.3 Å². The van der Waals surface area contributed by atoms with Crippen molar-refractivity contribution in [3.8, 4) is 33.9 Å². The fourth-order valence-corrected chi connectivity index (χ4v) is 3.68. The lowest BCUT2D eigenvalue weighted by molar-refractivity contribution is 0.251. The second kappa shape index (κ2) is 9.83. The fourth-order valence-electron chi connectivity index (χ4n) is 3.55. The highest BCUT2D eigenvalue weighted by atomic mass is 35.5. The lowest BCUT2D eigenvalue weighted by Gasteiger charge is -2.08. The zero-order valence-corrected chi connectivity index (χ0v) is 19.1. The Bertz CT molecular complexity index is 1450. The standard InChI is InChI=1S/C28H19ClFN3O2/c29-21-8-14-24(15-9-21)35-25-16-12-23(13-17-25)31-28(34)33-18-26(19-4-2-1-3-5-19)27(32-33)20-6-10-22(30)11-7-20/h1-18H,(H,31,34). The third-order valence-corrected chi connectivity index (χ3v) is 5.53. The Kier molecular flexibility index (Phi) is 6.28. The van der Waals surface area contributed by atoms with Crippen LogP contribution in [0.3, 0.4) is 0 Å². The minimum atomic E-state index is -0.429. The van der Waals surface area contributed by atoms with Crippen molar-refractivity contribution < 1.29 is 13.9 Å². The predicted molar refractivity (Wildman–Crippen MR) is 135 cm³/mol. The summed E-state index contributed by atoms with van der Waals surface area (Å²) in [6.07, 6.45) is 1.67. The van der Waals surface area contributed by atoms with Crippen molar-refractivity contribution in [1.29, 1.82) is 0 Å². The van der Waals surface area contributed by atoms with Gasteiger partial charge in [0.25, 0.3) is 0 Å². The van der Waals surface area contributed by atoms with Crippen LogP contribution in [0.15, 0.2) is 109 Å². The van der Waals surface area contributed by atoms with E-state index in [0.29, 0.717) is 33.5 Å². The molecule has 0 radical (unpaired) electrons. The third-order valence-electron chi connectivity index (χ3n) is 5.28. The molecule has 0 unspecified atom stereocenters. The number of nitrogens with one attached hydrogen (secondary N) is 1. The van der Waals surface area contributed by atoms with Gasteiger partial charge in [0.15, 0.2) is 0 Å². The molecule has 172 valence electrons. The molecule has 0 aliphatic heterocycles. The van der Waals surface area contributed by atoms with Crippen molar-refractivity contribution in [2.45, 2.75) is 0 Å². The number of anilines is 1. The summed E-state index contributed by atoms with van der Waals surface area (Å²) in [5.74, 6) is 0.939. The molecule has 1 N–H and O–H groups in total. The number of halogens is 2. The molecule has 4 aromatic carbocycles. The molecule has 0 atom stereocenters. The minimum Gasteiger partial charge on any atom is -0.457 e. The monoisotopic (exact) mass is 483 g/mol. The van der Waals surface area contributed by atoms with Gasteiger partial charge < -0.3 is 10.1 Å². The van der Waals surface area contributed by atoms with E-state index in [-0.39, 0.29) is 5.82 Å². The van der Waals surface area contributed by atoms with Crippen molar-refractivity contribution in [2.24, 2.45) is 0 Å². The Balaban J connectivity index is 1.37. The maximum absolute atomic E-state index is 13.5. The molecule has 0 saturated heterocycles. The predicted octanol–water partition coefficient (Wildman–Crippen LogP) is 7.88. The summed E-state index contributed by atoms with van der Waals surface area (Å²) < 4.78 is 20.5. The fraction of sp³-hybridized carbons (Fsp3) is 0. The largest absolute Gasteiger partial charge is 0.457 e. The second-order valence-corrected chi connectivity index (χ2v) is 8.16. The number of amides is 1. The molecule has 0 saturated carbocycles. The molecule has 5 rings (SSSR count). The number of nitrogens with zero attached hydrogens (tertiary/aromatic N) is 2. The van der Waals surface area contributed by atoms with E-state index in [0.717, 1.165) is 11.1 Å². The highest BCUT2D eigenvalue weighted by Crippen LogP contribution is 2.31. The molecule has 35 heavy (non-hydrogen) atoms. The molecule has 0 fully saturated rings. The first kappa shape index (κ1) is 22.4. The zero-order chi connectivity index (χ0) is 24.2. The van der Waals surface area contributed by atoms with Crippen molar-refractivity contribution in [1.82, 2.24) is 9.78 Å². The Labute approximate surface area is 206 Å². The molecule has 0 bridgehead atoms. The van der Waals surface area contributed by atoms with E-state index in [1.54, 1.807) is 66.9 Å². The summed E-state index contributed by atoms with van der Waals surface area (Å²) in [4.78, 5) is 13.0. The number of carbonyl (C=O) groups is 1. The van der Waals surface area contributed by atoms with E-state index in [9.17, 15) is 9.18 Å². The van der Waals surface area contributed by atoms with Crippen LogP contribution in [0, 0.1) is 5.82 Å². The van der Waals surface area contributed by atoms with Crippen molar-refractivity contribution in [2.75, 3.05) is 5.32 Å². The summed E-state index contributed by atoms with van der Waals surface area (Å²) in [7, 11) is 0. The van der Waals surface area contributed by atoms with E-state index in [1.165, 1.54) is 16.8 Å². The van der Waals surface area contributed by atoms with Gasteiger partial charge in [0, 0.05) is 28.0 Å². The van der Waals surface area contributed by atoms with Crippen LogP contribution in [-0.4, -0.2) is 15.8 Å². The van der Waals surface area contributed by atoms with Gasteiger partial charge in [0.1, 0.15) is 23.0 Å². The smallest absolute Gasteiger partial charge is 0.346 e.